The topological polar surface area (TPSA) is 49.4 Å². The number of para-hydroxylation sites is 1. The summed E-state index contributed by atoms with van der Waals surface area (Å²) in [5.41, 5.74) is 3.16. The average molecular weight is 206 g/mol. The zero-order chi connectivity index (χ0) is 11.1. The van der Waals surface area contributed by atoms with E-state index < -0.39 is 0 Å². The highest BCUT2D eigenvalue weighted by atomic mass is 16.2. The van der Waals surface area contributed by atoms with E-state index in [4.69, 9.17) is 0 Å². The summed E-state index contributed by atoms with van der Waals surface area (Å²) >= 11 is 0. The van der Waals surface area contributed by atoms with Crippen LogP contribution in [0.25, 0.3) is 0 Å². The van der Waals surface area contributed by atoms with Crippen molar-refractivity contribution in [2.24, 2.45) is 0 Å². The fraction of sp³-hybridized carbons (Fsp3) is 0.273. The minimum Gasteiger partial charge on any atom is -0.276 e. The predicted octanol–water partition coefficient (Wildman–Crippen LogP) is 1.48. The lowest BCUT2D eigenvalue weighted by Gasteiger charge is -2.17. The number of rotatable bonds is 5. The molecule has 0 aromatic heterocycles. The summed E-state index contributed by atoms with van der Waals surface area (Å²) < 4.78 is 0. The van der Waals surface area contributed by atoms with Gasteiger partial charge in [0, 0.05) is 6.42 Å². The Morgan fingerprint density at radius 2 is 2.07 bits per heavy atom. The van der Waals surface area contributed by atoms with Crippen molar-refractivity contribution < 1.29 is 9.59 Å². The molecule has 0 saturated heterocycles. The molecule has 0 heterocycles. The Morgan fingerprint density at radius 1 is 1.40 bits per heavy atom. The molecular formula is C11H14N2O2. The molecule has 15 heavy (non-hydrogen) atoms. The number of nitrogens with zero attached hydrogens (tertiary/aromatic N) is 1. The first-order valence-corrected chi connectivity index (χ1v) is 4.87. The molecule has 0 aliphatic carbocycles. The van der Waals surface area contributed by atoms with E-state index >= 15 is 0 Å². The predicted molar refractivity (Wildman–Crippen MR) is 58.0 cm³/mol. The maximum absolute atomic E-state index is 11.3. The highest BCUT2D eigenvalue weighted by molar-refractivity contribution is 5.84. The average Bonchev–Trinajstić information content (AvgIpc) is 2.27. The maximum Gasteiger partial charge on any atom is 0.238 e. The molecule has 0 aliphatic heterocycles. The van der Waals surface area contributed by atoms with Crippen molar-refractivity contribution in [3.63, 3.8) is 0 Å². The van der Waals surface area contributed by atoms with Gasteiger partial charge in [0.1, 0.15) is 0 Å². The molecule has 1 rings (SSSR count). The van der Waals surface area contributed by atoms with E-state index in [-0.39, 0.29) is 5.91 Å². The number of anilines is 1. The van der Waals surface area contributed by atoms with Crippen molar-refractivity contribution in [2.75, 3.05) is 5.01 Å². The largest absolute Gasteiger partial charge is 0.276 e. The van der Waals surface area contributed by atoms with Gasteiger partial charge in [-0.25, -0.2) is 5.01 Å². The summed E-state index contributed by atoms with van der Waals surface area (Å²) in [6.07, 6.45) is 1.76. The maximum atomic E-state index is 11.3. The summed E-state index contributed by atoms with van der Waals surface area (Å²) in [6, 6.07) is 8.96. The number of benzene rings is 1. The molecule has 0 spiro atoms. The van der Waals surface area contributed by atoms with Gasteiger partial charge in [0.05, 0.1) is 5.69 Å². The van der Waals surface area contributed by atoms with E-state index in [1.807, 2.05) is 13.0 Å². The summed E-state index contributed by atoms with van der Waals surface area (Å²) in [7, 11) is 0. The Balaban J connectivity index is 2.65. The summed E-state index contributed by atoms with van der Waals surface area (Å²) in [4.78, 5) is 22.0. The van der Waals surface area contributed by atoms with Crippen molar-refractivity contribution in [3.05, 3.63) is 30.3 Å². The Morgan fingerprint density at radius 3 is 2.60 bits per heavy atom. The molecule has 1 aromatic carbocycles. The second kappa shape index (κ2) is 5.80. The molecule has 4 heteroatoms. The van der Waals surface area contributed by atoms with Crippen LogP contribution in [0.3, 0.4) is 0 Å². The van der Waals surface area contributed by atoms with Crippen LogP contribution in [-0.2, 0) is 9.59 Å². The van der Waals surface area contributed by atoms with Crippen LogP contribution in [0.15, 0.2) is 30.3 Å². The smallest absolute Gasteiger partial charge is 0.238 e. The van der Waals surface area contributed by atoms with E-state index in [0.29, 0.717) is 18.5 Å². The lowest BCUT2D eigenvalue weighted by atomic mass is 10.3. The number of carbonyl (C=O) groups is 2. The van der Waals surface area contributed by atoms with Gasteiger partial charge >= 0.3 is 0 Å². The fourth-order valence-corrected chi connectivity index (χ4v) is 1.16. The van der Waals surface area contributed by atoms with Crippen molar-refractivity contribution in [3.8, 4) is 0 Å². The molecule has 0 radical (unpaired) electrons. The number of hydrazine groups is 1. The summed E-state index contributed by atoms with van der Waals surface area (Å²) in [5.74, 6) is -0.159. The first-order chi connectivity index (χ1) is 7.27. The van der Waals surface area contributed by atoms with Gasteiger partial charge in [0.15, 0.2) is 0 Å². The zero-order valence-corrected chi connectivity index (χ0v) is 8.64. The second-order valence-corrected chi connectivity index (χ2v) is 3.10. The van der Waals surface area contributed by atoms with Crippen LogP contribution in [0.5, 0.6) is 0 Å². The van der Waals surface area contributed by atoms with E-state index in [2.05, 4.69) is 5.43 Å². The molecule has 2 amide bonds. The SMILES string of the molecule is CCCC(=O)NN(C=O)c1ccccc1. The third-order valence-corrected chi connectivity index (χ3v) is 1.86. The van der Waals surface area contributed by atoms with Crippen LogP contribution >= 0.6 is 0 Å². The Hall–Kier alpha value is -1.84. The normalized spacial score (nSPS) is 9.40. The molecular weight excluding hydrogens is 192 g/mol. The standard InChI is InChI=1S/C11H14N2O2/c1-2-6-11(15)12-13(9-14)10-7-4-3-5-8-10/h3-5,7-9H,2,6H2,1H3,(H,12,15). The highest BCUT2D eigenvalue weighted by Gasteiger charge is 2.07. The molecule has 0 atom stereocenters. The Labute approximate surface area is 88.9 Å². The minimum absolute atomic E-state index is 0.159. The second-order valence-electron chi connectivity index (χ2n) is 3.10. The van der Waals surface area contributed by atoms with Gasteiger partial charge in [-0.1, -0.05) is 25.1 Å². The fourth-order valence-electron chi connectivity index (χ4n) is 1.16. The monoisotopic (exact) mass is 206 g/mol. The van der Waals surface area contributed by atoms with Crippen molar-refractivity contribution in [1.29, 1.82) is 0 Å². The van der Waals surface area contributed by atoms with Crippen LogP contribution in [-0.4, -0.2) is 12.3 Å². The number of carbonyl (C=O) groups excluding carboxylic acids is 2. The Bertz CT molecular complexity index is 325. The number of hydrogen-bond donors (Lipinski definition) is 1. The lowest BCUT2D eigenvalue weighted by molar-refractivity contribution is -0.123. The van der Waals surface area contributed by atoms with Gasteiger partial charge in [-0.15, -0.1) is 0 Å². The number of nitrogens with one attached hydrogen (secondary N) is 1. The van der Waals surface area contributed by atoms with Crippen LogP contribution in [0, 0.1) is 0 Å². The van der Waals surface area contributed by atoms with Gasteiger partial charge in [-0.3, -0.25) is 15.0 Å². The molecule has 0 aliphatic rings. The summed E-state index contributed by atoms with van der Waals surface area (Å²) in [6.45, 7) is 1.91. The van der Waals surface area contributed by atoms with Gasteiger partial charge in [0.25, 0.3) is 0 Å². The first kappa shape index (κ1) is 11.2. The Kier molecular flexibility index (Phi) is 4.34. The lowest BCUT2D eigenvalue weighted by Crippen LogP contribution is -2.41. The molecule has 0 unspecified atom stereocenters. The molecule has 4 nitrogen and oxygen atoms in total. The van der Waals surface area contributed by atoms with Gasteiger partial charge in [-0.2, -0.15) is 0 Å². The van der Waals surface area contributed by atoms with Crippen molar-refractivity contribution >= 4 is 18.0 Å². The van der Waals surface area contributed by atoms with Crippen LogP contribution in [0.2, 0.25) is 0 Å². The molecule has 0 saturated carbocycles. The number of amides is 2. The third-order valence-electron chi connectivity index (χ3n) is 1.86. The molecule has 0 bridgehead atoms. The van der Waals surface area contributed by atoms with E-state index in [9.17, 15) is 9.59 Å². The van der Waals surface area contributed by atoms with Gasteiger partial charge < -0.3 is 0 Å². The summed E-state index contributed by atoms with van der Waals surface area (Å²) in [5, 5.41) is 1.18. The van der Waals surface area contributed by atoms with Crippen LogP contribution in [0.4, 0.5) is 5.69 Å². The van der Waals surface area contributed by atoms with Gasteiger partial charge in [-0.05, 0) is 18.6 Å². The molecule has 1 N–H and O–H groups in total. The first-order valence-electron chi connectivity index (χ1n) is 4.87. The minimum atomic E-state index is -0.159. The quantitative estimate of drug-likeness (QED) is 0.586. The molecule has 0 fully saturated rings. The number of hydrogen-bond acceptors (Lipinski definition) is 2. The zero-order valence-electron chi connectivity index (χ0n) is 8.64. The van der Waals surface area contributed by atoms with E-state index in [1.54, 1.807) is 24.3 Å². The van der Waals surface area contributed by atoms with Gasteiger partial charge in [0.2, 0.25) is 12.3 Å². The van der Waals surface area contributed by atoms with Crippen molar-refractivity contribution in [2.45, 2.75) is 19.8 Å². The van der Waals surface area contributed by atoms with Crippen molar-refractivity contribution in [1.82, 2.24) is 5.43 Å². The highest BCUT2D eigenvalue weighted by Crippen LogP contribution is 2.08. The van der Waals surface area contributed by atoms with E-state index in [0.717, 1.165) is 6.42 Å². The van der Waals surface area contributed by atoms with Crippen LogP contribution in [0.1, 0.15) is 19.8 Å². The van der Waals surface area contributed by atoms with Crippen LogP contribution < -0.4 is 10.4 Å². The van der Waals surface area contributed by atoms with E-state index in [1.165, 1.54) is 5.01 Å². The third kappa shape index (κ3) is 3.42. The molecule has 80 valence electrons. The molecule has 1 aromatic rings.